The highest BCUT2D eigenvalue weighted by molar-refractivity contribution is 4.83. The fourth-order valence-electron chi connectivity index (χ4n) is 1.21. The van der Waals surface area contributed by atoms with Gasteiger partial charge < -0.3 is 4.74 Å². The van der Waals surface area contributed by atoms with Crippen LogP contribution in [0.5, 0.6) is 0 Å². The summed E-state index contributed by atoms with van der Waals surface area (Å²) >= 11 is 0. The molecule has 1 rings (SSSR count). The van der Waals surface area contributed by atoms with Crippen LogP contribution in [0.25, 0.3) is 0 Å². The van der Waals surface area contributed by atoms with Gasteiger partial charge in [0, 0.05) is 12.3 Å². The van der Waals surface area contributed by atoms with E-state index in [0.29, 0.717) is 0 Å². The Morgan fingerprint density at radius 1 is 1.35 bits per heavy atom. The van der Waals surface area contributed by atoms with Crippen molar-refractivity contribution in [1.82, 2.24) is 9.55 Å². The maximum Gasteiger partial charge on any atom is 0.330 e. The molecule has 0 bridgehead atoms. The van der Waals surface area contributed by atoms with E-state index < -0.39 is 11.2 Å². The van der Waals surface area contributed by atoms with E-state index in [4.69, 9.17) is 4.74 Å². The number of H-pyrrole nitrogens is 1. The number of hydrogen-bond acceptors (Lipinski definition) is 3. The zero-order valence-electron chi connectivity index (χ0n) is 11.2. The van der Waals surface area contributed by atoms with Gasteiger partial charge in [0.15, 0.2) is 0 Å². The summed E-state index contributed by atoms with van der Waals surface area (Å²) in [7, 11) is 0. The van der Waals surface area contributed by atoms with Crippen molar-refractivity contribution < 1.29 is 4.74 Å². The van der Waals surface area contributed by atoms with Gasteiger partial charge in [-0.1, -0.05) is 20.8 Å². The monoisotopic (exact) mass is 242 g/mol. The van der Waals surface area contributed by atoms with Gasteiger partial charge in [0.1, 0.15) is 6.23 Å². The molecular formula is C12H22N2O3. The molecule has 0 aliphatic heterocycles. The first-order valence-electron chi connectivity index (χ1n) is 6.01. The molecule has 0 radical (unpaired) electrons. The smallest absolute Gasteiger partial charge is 0.330 e. The van der Waals surface area contributed by atoms with Crippen LogP contribution < -0.4 is 11.2 Å². The predicted octanol–water partition coefficient (Wildman–Crippen LogP) is 1.90. The first-order valence-corrected chi connectivity index (χ1v) is 6.01. The summed E-state index contributed by atoms with van der Waals surface area (Å²) in [6.45, 7) is 9.71. The lowest BCUT2D eigenvalue weighted by molar-refractivity contribution is -0.0377. The topological polar surface area (TPSA) is 64.1 Å². The van der Waals surface area contributed by atoms with Gasteiger partial charge in [-0.15, -0.1) is 0 Å². The minimum atomic E-state index is -0.446. The van der Waals surface area contributed by atoms with Crippen LogP contribution in [0.15, 0.2) is 21.9 Å². The summed E-state index contributed by atoms with van der Waals surface area (Å²) < 4.78 is 6.90. The first kappa shape index (κ1) is 15.6. The van der Waals surface area contributed by atoms with Crippen molar-refractivity contribution in [2.45, 2.75) is 53.4 Å². The molecule has 0 amide bonds. The van der Waals surface area contributed by atoms with Crippen molar-refractivity contribution in [3.05, 3.63) is 33.1 Å². The highest BCUT2D eigenvalue weighted by Gasteiger charge is 2.09. The number of hydrogen-bond donors (Lipinski definition) is 1. The number of rotatable bonds is 4. The molecule has 0 saturated carbocycles. The second kappa shape index (κ2) is 7.84. The van der Waals surface area contributed by atoms with Gasteiger partial charge in [-0.2, -0.15) is 0 Å². The molecule has 0 aliphatic carbocycles. The molecule has 0 aromatic carbocycles. The molecular weight excluding hydrogens is 220 g/mol. The summed E-state index contributed by atoms with van der Waals surface area (Å²) in [5.74, 6) is 0. The molecule has 1 heterocycles. The molecule has 0 aliphatic rings. The molecule has 0 spiro atoms. The fraction of sp³-hybridized carbons (Fsp3) is 0.667. The summed E-state index contributed by atoms with van der Waals surface area (Å²) in [5.41, 5.74) is -0.842. The standard InChI is InChI=1S/C10H16N2O3.C2H6/c1-4-7(2)15-8(3)12-6-5-9(13)11-10(12)14;1-2/h5-8H,4H2,1-3H3,(H,11,13,14);1-2H3. The quantitative estimate of drug-likeness (QED) is 0.877. The number of aromatic nitrogens is 2. The second-order valence-corrected chi connectivity index (χ2v) is 3.47. The number of aromatic amines is 1. The lowest BCUT2D eigenvalue weighted by Gasteiger charge is -2.19. The van der Waals surface area contributed by atoms with E-state index in [1.54, 1.807) is 6.92 Å². The van der Waals surface area contributed by atoms with Crippen molar-refractivity contribution >= 4 is 0 Å². The van der Waals surface area contributed by atoms with E-state index in [-0.39, 0.29) is 12.3 Å². The lowest BCUT2D eigenvalue weighted by Crippen LogP contribution is -2.32. The van der Waals surface area contributed by atoms with Crippen molar-refractivity contribution in [1.29, 1.82) is 0 Å². The molecule has 2 unspecified atom stereocenters. The highest BCUT2D eigenvalue weighted by Crippen LogP contribution is 2.08. The van der Waals surface area contributed by atoms with Crippen molar-refractivity contribution in [2.75, 3.05) is 0 Å². The van der Waals surface area contributed by atoms with E-state index in [9.17, 15) is 9.59 Å². The summed E-state index contributed by atoms with van der Waals surface area (Å²) in [6, 6.07) is 1.30. The third-order valence-corrected chi connectivity index (χ3v) is 2.25. The van der Waals surface area contributed by atoms with E-state index in [2.05, 4.69) is 4.98 Å². The predicted molar refractivity (Wildman–Crippen MR) is 68.2 cm³/mol. The zero-order valence-corrected chi connectivity index (χ0v) is 11.2. The number of nitrogens with one attached hydrogen (secondary N) is 1. The van der Waals surface area contributed by atoms with E-state index in [1.165, 1.54) is 16.8 Å². The summed E-state index contributed by atoms with van der Waals surface area (Å²) in [5, 5.41) is 0. The molecule has 5 nitrogen and oxygen atoms in total. The van der Waals surface area contributed by atoms with Gasteiger partial charge in [-0.25, -0.2) is 4.79 Å². The summed E-state index contributed by atoms with van der Waals surface area (Å²) in [4.78, 5) is 24.4. The highest BCUT2D eigenvalue weighted by atomic mass is 16.5. The van der Waals surface area contributed by atoms with Crippen LogP contribution in [0, 0.1) is 0 Å². The normalized spacial score (nSPS) is 13.5. The summed E-state index contributed by atoms with van der Waals surface area (Å²) in [6.07, 6.45) is 2.03. The van der Waals surface area contributed by atoms with Crippen molar-refractivity contribution in [3.8, 4) is 0 Å². The first-order chi connectivity index (χ1) is 8.04. The molecule has 0 saturated heterocycles. The van der Waals surface area contributed by atoms with Crippen LogP contribution in [0.3, 0.4) is 0 Å². The Morgan fingerprint density at radius 3 is 2.41 bits per heavy atom. The average Bonchev–Trinajstić information content (AvgIpc) is 2.31. The number of nitrogens with zero attached hydrogens (tertiary/aromatic N) is 1. The van der Waals surface area contributed by atoms with Crippen molar-refractivity contribution in [2.24, 2.45) is 0 Å². The third kappa shape index (κ3) is 4.99. The Hall–Kier alpha value is -1.36. The van der Waals surface area contributed by atoms with Crippen LogP contribution >= 0.6 is 0 Å². The molecule has 0 fully saturated rings. The zero-order chi connectivity index (χ0) is 13.4. The van der Waals surface area contributed by atoms with E-state index in [0.717, 1.165) is 6.42 Å². The molecule has 1 aromatic rings. The van der Waals surface area contributed by atoms with Gasteiger partial charge in [0.25, 0.3) is 5.56 Å². The molecule has 2 atom stereocenters. The SMILES string of the molecule is CC.CCC(C)OC(C)n1ccc(=O)[nH]c1=O. The molecule has 1 aromatic heterocycles. The van der Waals surface area contributed by atoms with Gasteiger partial charge >= 0.3 is 5.69 Å². The van der Waals surface area contributed by atoms with Crippen LogP contribution in [0.1, 0.15) is 47.3 Å². The van der Waals surface area contributed by atoms with Gasteiger partial charge in [-0.3, -0.25) is 14.3 Å². The Bertz CT molecular complexity index is 422. The number of ether oxygens (including phenoxy) is 1. The van der Waals surface area contributed by atoms with Crippen LogP contribution in [0.4, 0.5) is 0 Å². The molecule has 17 heavy (non-hydrogen) atoms. The van der Waals surface area contributed by atoms with E-state index in [1.807, 2.05) is 27.7 Å². The van der Waals surface area contributed by atoms with Gasteiger partial charge in [-0.05, 0) is 20.3 Å². The Labute approximate surface area is 101 Å². The average molecular weight is 242 g/mol. The van der Waals surface area contributed by atoms with E-state index >= 15 is 0 Å². The largest absolute Gasteiger partial charge is 0.355 e. The lowest BCUT2D eigenvalue weighted by atomic mass is 10.3. The van der Waals surface area contributed by atoms with Crippen LogP contribution in [0.2, 0.25) is 0 Å². The fourth-order valence-corrected chi connectivity index (χ4v) is 1.21. The minimum Gasteiger partial charge on any atom is -0.355 e. The van der Waals surface area contributed by atoms with Gasteiger partial charge in [0.05, 0.1) is 6.10 Å². The Balaban J connectivity index is 0.00000121. The second-order valence-electron chi connectivity index (χ2n) is 3.47. The Morgan fingerprint density at radius 2 is 1.94 bits per heavy atom. The molecule has 5 heteroatoms. The minimum absolute atomic E-state index is 0.0822. The van der Waals surface area contributed by atoms with Crippen LogP contribution in [-0.2, 0) is 4.74 Å². The maximum atomic E-state index is 11.4. The maximum absolute atomic E-state index is 11.4. The van der Waals surface area contributed by atoms with Gasteiger partial charge in [0.2, 0.25) is 0 Å². The Kier molecular flexibility index (Phi) is 7.21. The molecule has 1 N–H and O–H groups in total. The van der Waals surface area contributed by atoms with Crippen LogP contribution in [-0.4, -0.2) is 15.7 Å². The molecule has 98 valence electrons. The van der Waals surface area contributed by atoms with Crippen molar-refractivity contribution in [3.63, 3.8) is 0 Å². The third-order valence-electron chi connectivity index (χ3n) is 2.25.